The molecule has 0 spiro atoms. The first kappa shape index (κ1) is 9.92. The summed E-state index contributed by atoms with van der Waals surface area (Å²) in [5, 5.41) is 9.26. The number of phenolic OH excluding ortho intramolecular Hbond substituents is 1. The Morgan fingerprint density at radius 2 is 2.15 bits per heavy atom. The van der Waals surface area contributed by atoms with E-state index in [9.17, 15) is 13.9 Å². The average molecular weight is 187 g/mol. The maximum atomic E-state index is 12.7. The minimum atomic E-state index is -0.652. The van der Waals surface area contributed by atoms with Gasteiger partial charge in [0.25, 0.3) is 0 Å². The van der Waals surface area contributed by atoms with Gasteiger partial charge in [0, 0.05) is 11.6 Å². The Labute approximate surface area is 75.0 Å². The number of alkyl halides is 1. The quantitative estimate of drug-likeness (QED) is 0.759. The Morgan fingerprint density at radius 1 is 1.46 bits per heavy atom. The molecule has 0 radical (unpaired) electrons. The molecule has 0 bridgehead atoms. The number of benzene rings is 1. The van der Waals surface area contributed by atoms with E-state index in [1.807, 2.05) is 0 Å². The topological polar surface area (TPSA) is 46.2 Å². The lowest BCUT2D eigenvalue weighted by Gasteiger charge is -2.11. The van der Waals surface area contributed by atoms with Gasteiger partial charge >= 0.3 is 0 Å². The number of aromatic hydroxyl groups is 1. The van der Waals surface area contributed by atoms with Crippen LogP contribution in [0, 0.1) is 5.82 Å². The largest absolute Gasteiger partial charge is 0.508 e. The van der Waals surface area contributed by atoms with Gasteiger partial charge in [-0.05, 0) is 24.6 Å². The van der Waals surface area contributed by atoms with Crippen molar-refractivity contribution in [1.82, 2.24) is 0 Å². The maximum Gasteiger partial charge on any atom is 0.123 e. The third kappa shape index (κ3) is 2.39. The third-order valence-electron chi connectivity index (χ3n) is 1.81. The van der Waals surface area contributed by atoms with Crippen molar-refractivity contribution in [2.24, 2.45) is 5.73 Å². The molecular weight excluding hydrogens is 176 g/mol. The van der Waals surface area contributed by atoms with Gasteiger partial charge in [0.05, 0.1) is 6.67 Å². The molecule has 3 N–H and O–H groups in total. The SMILES string of the molecule is N[C@H](CCF)c1cc(F)ccc1O. The second kappa shape index (κ2) is 4.18. The molecule has 13 heavy (non-hydrogen) atoms. The Bertz CT molecular complexity index is 291. The van der Waals surface area contributed by atoms with E-state index in [1.54, 1.807) is 0 Å². The Balaban J connectivity index is 2.91. The van der Waals surface area contributed by atoms with Gasteiger partial charge in [-0.25, -0.2) is 4.39 Å². The molecule has 0 heterocycles. The second-order valence-corrected chi connectivity index (χ2v) is 2.79. The van der Waals surface area contributed by atoms with Crippen molar-refractivity contribution >= 4 is 0 Å². The molecule has 1 rings (SSSR count). The van der Waals surface area contributed by atoms with E-state index in [2.05, 4.69) is 0 Å². The molecule has 1 aromatic carbocycles. The standard InChI is InChI=1S/C9H11F2NO/c10-4-3-8(12)7-5-6(11)1-2-9(7)13/h1-2,5,8,13H,3-4,12H2/t8-/m1/s1. The highest BCUT2D eigenvalue weighted by molar-refractivity contribution is 5.34. The fourth-order valence-corrected chi connectivity index (χ4v) is 1.10. The van der Waals surface area contributed by atoms with Gasteiger partial charge in [-0.15, -0.1) is 0 Å². The zero-order valence-electron chi connectivity index (χ0n) is 7.00. The molecule has 0 amide bonds. The minimum Gasteiger partial charge on any atom is -0.508 e. The van der Waals surface area contributed by atoms with Crippen LogP contribution in [0.1, 0.15) is 18.0 Å². The number of nitrogens with two attached hydrogens (primary N) is 1. The molecule has 0 aliphatic heterocycles. The van der Waals surface area contributed by atoms with Crippen molar-refractivity contribution in [1.29, 1.82) is 0 Å². The number of hydrogen-bond acceptors (Lipinski definition) is 2. The molecular formula is C9H11F2NO. The number of rotatable bonds is 3. The van der Waals surface area contributed by atoms with Crippen LogP contribution in [0.5, 0.6) is 5.75 Å². The van der Waals surface area contributed by atoms with Crippen LogP contribution < -0.4 is 5.73 Å². The van der Waals surface area contributed by atoms with Gasteiger partial charge in [-0.1, -0.05) is 0 Å². The van der Waals surface area contributed by atoms with Crippen molar-refractivity contribution in [3.05, 3.63) is 29.6 Å². The molecule has 0 unspecified atom stereocenters. The summed E-state index contributed by atoms with van der Waals surface area (Å²) in [6, 6.07) is 2.81. The molecule has 0 saturated heterocycles. The number of hydrogen-bond donors (Lipinski definition) is 2. The summed E-state index contributed by atoms with van der Waals surface area (Å²) in [7, 11) is 0. The highest BCUT2D eigenvalue weighted by atomic mass is 19.1. The maximum absolute atomic E-state index is 12.7. The Morgan fingerprint density at radius 3 is 2.77 bits per heavy atom. The molecule has 0 aliphatic rings. The predicted octanol–water partition coefficient (Wildman–Crippen LogP) is 1.89. The molecule has 0 aliphatic carbocycles. The van der Waals surface area contributed by atoms with Crippen LogP contribution in [0.3, 0.4) is 0 Å². The molecule has 4 heteroatoms. The van der Waals surface area contributed by atoms with Crippen molar-refractivity contribution in [3.63, 3.8) is 0 Å². The van der Waals surface area contributed by atoms with E-state index >= 15 is 0 Å². The molecule has 0 saturated carbocycles. The molecule has 72 valence electrons. The molecule has 2 nitrogen and oxygen atoms in total. The first-order valence-corrected chi connectivity index (χ1v) is 3.95. The van der Waals surface area contributed by atoms with E-state index in [0.29, 0.717) is 0 Å². The predicted molar refractivity (Wildman–Crippen MR) is 45.6 cm³/mol. The number of halogens is 2. The number of phenols is 1. The van der Waals surface area contributed by atoms with Gasteiger partial charge in [0.2, 0.25) is 0 Å². The van der Waals surface area contributed by atoms with E-state index in [0.717, 1.165) is 12.1 Å². The molecule has 1 atom stereocenters. The lowest BCUT2D eigenvalue weighted by Crippen LogP contribution is -2.11. The second-order valence-electron chi connectivity index (χ2n) is 2.79. The summed E-state index contributed by atoms with van der Waals surface area (Å²) in [5.74, 6) is -0.579. The van der Waals surface area contributed by atoms with E-state index in [-0.39, 0.29) is 17.7 Å². The zero-order valence-corrected chi connectivity index (χ0v) is 7.00. The van der Waals surface area contributed by atoms with E-state index in [4.69, 9.17) is 5.73 Å². The lowest BCUT2D eigenvalue weighted by atomic mass is 10.0. The summed E-state index contributed by atoms with van der Waals surface area (Å²) >= 11 is 0. The van der Waals surface area contributed by atoms with E-state index < -0.39 is 18.5 Å². The van der Waals surface area contributed by atoms with Crippen LogP contribution in [0.2, 0.25) is 0 Å². The van der Waals surface area contributed by atoms with Crippen molar-refractivity contribution in [2.45, 2.75) is 12.5 Å². The zero-order chi connectivity index (χ0) is 9.84. The lowest BCUT2D eigenvalue weighted by molar-refractivity contribution is 0.422. The fourth-order valence-electron chi connectivity index (χ4n) is 1.10. The first-order valence-electron chi connectivity index (χ1n) is 3.95. The van der Waals surface area contributed by atoms with Gasteiger partial charge in [-0.3, -0.25) is 4.39 Å². The smallest absolute Gasteiger partial charge is 0.123 e. The van der Waals surface area contributed by atoms with Gasteiger partial charge in [-0.2, -0.15) is 0 Å². The van der Waals surface area contributed by atoms with Gasteiger partial charge in [0.15, 0.2) is 0 Å². The summed E-state index contributed by atoms with van der Waals surface area (Å²) in [6.45, 7) is -0.586. The fraction of sp³-hybridized carbons (Fsp3) is 0.333. The first-order chi connectivity index (χ1) is 6.15. The van der Waals surface area contributed by atoms with E-state index in [1.165, 1.54) is 6.07 Å². The molecule has 1 aromatic rings. The van der Waals surface area contributed by atoms with Crippen LogP contribution in [0.4, 0.5) is 8.78 Å². The van der Waals surface area contributed by atoms with Gasteiger partial charge < -0.3 is 10.8 Å². The van der Waals surface area contributed by atoms with Gasteiger partial charge in [0.1, 0.15) is 11.6 Å². The normalized spacial score (nSPS) is 12.8. The Kier molecular flexibility index (Phi) is 3.19. The van der Waals surface area contributed by atoms with Crippen LogP contribution >= 0.6 is 0 Å². The van der Waals surface area contributed by atoms with Crippen LogP contribution in [0.15, 0.2) is 18.2 Å². The minimum absolute atomic E-state index is 0.0804. The molecule has 0 aromatic heterocycles. The van der Waals surface area contributed by atoms with Crippen LogP contribution in [0.25, 0.3) is 0 Å². The summed E-state index contributed by atoms with van der Waals surface area (Å²) in [5.41, 5.74) is 5.76. The van der Waals surface area contributed by atoms with Crippen LogP contribution in [-0.2, 0) is 0 Å². The highest BCUT2D eigenvalue weighted by Crippen LogP contribution is 2.25. The monoisotopic (exact) mass is 187 g/mol. The van der Waals surface area contributed by atoms with Crippen molar-refractivity contribution < 1.29 is 13.9 Å². The summed E-state index contributed by atoms with van der Waals surface area (Å²) < 4.78 is 24.6. The van der Waals surface area contributed by atoms with Crippen LogP contribution in [-0.4, -0.2) is 11.8 Å². The third-order valence-corrected chi connectivity index (χ3v) is 1.81. The summed E-state index contributed by atoms with van der Waals surface area (Å²) in [6.07, 6.45) is 0.0804. The average Bonchev–Trinajstić information content (AvgIpc) is 2.09. The molecule has 0 fully saturated rings. The van der Waals surface area contributed by atoms with Crippen molar-refractivity contribution in [3.8, 4) is 5.75 Å². The Hall–Kier alpha value is -1.16. The highest BCUT2D eigenvalue weighted by Gasteiger charge is 2.11. The summed E-state index contributed by atoms with van der Waals surface area (Å²) in [4.78, 5) is 0. The van der Waals surface area contributed by atoms with Crippen molar-refractivity contribution in [2.75, 3.05) is 6.67 Å².